The molecule has 0 aromatic heterocycles. The van der Waals surface area contributed by atoms with Crippen molar-refractivity contribution < 1.29 is 19.1 Å². The van der Waals surface area contributed by atoms with Gasteiger partial charge in [-0.2, -0.15) is 0 Å². The number of nitrogens with one attached hydrogen (secondary N) is 2. The van der Waals surface area contributed by atoms with E-state index in [9.17, 15) is 9.59 Å². The lowest BCUT2D eigenvalue weighted by Crippen LogP contribution is -2.36. The van der Waals surface area contributed by atoms with Crippen molar-refractivity contribution in [3.63, 3.8) is 0 Å². The minimum absolute atomic E-state index is 0.0871. The Hall–Kier alpha value is -3.54. The Balaban J connectivity index is 1.29. The molecule has 1 heterocycles. The van der Waals surface area contributed by atoms with E-state index < -0.39 is 0 Å². The van der Waals surface area contributed by atoms with Gasteiger partial charge in [0, 0.05) is 12.1 Å². The molecule has 0 fully saturated rings. The molecule has 0 saturated carbocycles. The van der Waals surface area contributed by atoms with Gasteiger partial charge in [0.1, 0.15) is 13.2 Å². The summed E-state index contributed by atoms with van der Waals surface area (Å²) < 4.78 is 11.0. The first-order valence-corrected chi connectivity index (χ1v) is 9.11. The fraction of sp³-hybridized carbons (Fsp3) is 0.182. The first kappa shape index (κ1) is 17.9. The highest BCUT2D eigenvalue weighted by molar-refractivity contribution is 5.99. The maximum Gasteiger partial charge on any atom is 0.251 e. The summed E-state index contributed by atoms with van der Waals surface area (Å²) in [5, 5.41) is 7.50. The Morgan fingerprint density at radius 1 is 0.821 bits per heavy atom. The molecule has 1 aliphatic rings. The van der Waals surface area contributed by atoms with Crippen LogP contribution >= 0.6 is 0 Å². The van der Waals surface area contributed by atoms with Gasteiger partial charge in [-0.05, 0) is 40.6 Å². The van der Waals surface area contributed by atoms with Gasteiger partial charge in [-0.15, -0.1) is 0 Å². The van der Waals surface area contributed by atoms with Gasteiger partial charge in [0.2, 0.25) is 5.91 Å². The molecule has 0 radical (unpaired) electrons. The zero-order chi connectivity index (χ0) is 19.3. The van der Waals surface area contributed by atoms with Crippen molar-refractivity contribution in [1.82, 2.24) is 10.6 Å². The molecule has 1 aliphatic heterocycles. The number of amides is 2. The van der Waals surface area contributed by atoms with Crippen LogP contribution in [0.5, 0.6) is 11.5 Å². The second-order valence-corrected chi connectivity index (χ2v) is 6.50. The smallest absolute Gasteiger partial charge is 0.251 e. The second kappa shape index (κ2) is 8.00. The molecule has 3 aromatic carbocycles. The number of hydrogen-bond donors (Lipinski definition) is 2. The SMILES string of the molecule is O=C(CNC(=O)c1ccc2ccccc2c1)NCc1ccc2c(c1)OCCO2. The predicted octanol–water partition coefficient (Wildman–Crippen LogP) is 2.66. The first-order chi connectivity index (χ1) is 13.7. The van der Waals surface area contributed by atoms with Crippen LogP contribution in [0.1, 0.15) is 15.9 Å². The molecule has 0 saturated heterocycles. The first-order valence-electron chi connectivity index (χ1n) is 9.11. The Labute approximate surface area is 162 Å². The maximum absolute atomic E-state index is 12.3. The van der Waals surface area contributed by atoms with Crippen LogP contribution in [0.2, 0.25) is 0 Å². The topological polar surface area (TPSA) is 76.7 Å². The minimum atomic E-state index is -0.278. The standard InChI is InChI=1S/C22H20N2O4/c25-21(23-13-15-5-8-19-20(11-15)28-10-9-27-19)14-24-22(26)18-7-6-16-3-1-2-4-17(16)12-18/h1-8,11-12H,9-10,13-14H2,(H,23,25)(H,24,26). The Morgan fingerprint density at radius 3 is 2.46 bits per heavy atom. The predicted molar refractivity (Wildman–Crippen MR) is 106 cm³/mol. The summed E-state index contributed by atoms with van der Waals surface area (Å²) in [4.78, 5) is 24.4. The fourth-order valence-corrected chi connectivity index (χ4v) is 3.05. The summed E-state index contributed by atoms with van der Waals surface area (Å²) in [6, 6.07) is 18.8. The Morgan fingerprint density at radius 2 is 1.61 bits per heavy atom. The van der Waals surface area contributed by atoms with Crippen LogP contribution in [0.3, 0.4) is 0 Å². The second-order valence-electron chi connectivity index (χ2n) is 6.50. The van der Waals surface area contributed by atoms with E-state index in [0.717, 1.165) is 16.3 Å². The van der Waals surface area contributed by atoms with Crippen LogP contribution in [0.4, 0.5) is 0 Å². The fourth-order valence-electron chi connectivity index (χ4n) is 3.05. The molecule has 142 valence electrons. The Kier molecular flexibility index (Phi) is 5.10. The van der Waals surface area contributed by atoms with Crippen LogP contribution in [-0.2, 0) is 11.3 Å². The lowest BCUT2D eigenvalue weighted by atomic mass is 10.1. The molecule has 2 N–H and O–H groups in total. The summed E-state index contributed by atoms with van der Waals surface area (Å²) in [5.41, 5.74) is 1.43. The Bertz CT molecular complexity index is 1030. The van der Waals surface area contributed by atoms with Gasteiger partial charge in [0.25, 0.3) is 5.91 Å². The normalized spacial score (nSPS) is 12.4. The highest BCUT2D eigenvalue weighted by Gasteiger charge is 2.12. The number of carbonyl (C=O) groups is 2. The van der Waals surface area contributed by atoms with Gasteiger partial charge in [0.15, 0.2) is 11.5 Å². The molecular weight excluding hydrogens is 356 g/mol. The van der Waals surface area contributed by atoms with Crippen LogP contribution in [0, 0.1) is 0 Å². The summed E-state index contributed by atoms with van der Waals surface area (Å²) >= 11 is 0. The summed E-state index contributed by atoms with van der Waals surface area (Å²) in [6.45, 7) is 1.32. The third-order valence-corrected chi connectivity index (χ3v) is 4.52. The van der Waals surface area contributed by atoms with Gasteiger partial charge < -0.3 is 20.1 Å². The van der Waals surface area contributed by atoms with E-state index in [1.165, 1.54) is 0 Å². The molecule has 0 aliphatic carbocycles. The van der Waals surface area contributed by atoms with Crippen molar-refractivity contribution in [3.8, 4) is 11.5 Å². The van der Waals surface area contributed by atoms with E-state index in [0.29, 0.717) is 36.8 Å². The quantitative estimate of drug-likeness (QED) is 0.718. The van der Waals surface area contributed by atoms with Crippen LogP contribution in [0.15, 0.2) is 60.7 Å². The molecular formula is C22H20N2O4. The maximum atomic E-state index is 12.3. The average molecular weight is 376 g/mol. The summed E-state index contributed by atoms with van der Waals surface area (Å²) in [6.07, 6.45) is 0. The molecule has 2 amide bonds. The lowest BCUT2D eigenvalue weighted by molar-refractivity contribution is -0.120. The van der Waals surface area contributed by atoms with Crippen molar-refractivity contribution in [2.24, 2.45) is 0 Å². The molecule has 0 unspecified atom stereocenters. The van der Waals surface area contributed by atoms with E-state index in [-0.39, 0.29) is 18.4 Å². The van der Waals surface area contributed by atoms with Gasteiger partial charge in [0.05, 0.1) is 6.54 Å². The molecule has 0 spiro atoms. The third kappa shape index (κ3) is 4.06. The number of ether oxygens (including phenoxy) is 2. The number of hydrogen-bond acceptors (Lipinski definition) is 4. The number of benzene rings is 3. The number of carbonyl (C=O) groups excluding carboxylic acids is 2. The van der Waals surface area contributed by atoms with Gasteiger partial charge >= 0.3 is 0 Å². The summed E-state index contributed by atoms with van der Waals surface area (Å²) in [5.74, 6) is 0.857. The molecule has 3 aromatic rings. The van der Waals surface area contributed by atoms with Crippen molar-refractivity contribution in [2.75, 3.05) is 19.8 Å². The molecule has 0 bridgehead atoms. The third-order valence-electron chi connectivity index (χ3n) is 4.52. The number of fused-ring (bicyclic) bond motifs is 2. The van der Waals surface area contributed by atoms with Crippen molar-refractivity contribution >= 4 is 22.6 Å². The van der Waals surface area contributed by atoms with E-state index in [1.54, 1.807) is 6.07 Å². The van der Waals surface area contributed by atoms with E-state index in [4.69, 9.17) is 9.47 Å². The van der Waals surface area contributed by atoms with Crippen LogP contribution in [0.25, 0.3) is 10.8 Å². The summed E-state index contributed by atoms with van der Waals surface area (Å²) in [7, 11) is 0. The van der Waals surface area contributed by atoms with Crippen LogP contribution in [-0.4, -0.2) is 31.6 Å². The molecule has 6 nitrogen and oxygen atoms in total. The minimum Gasteiger partial charge on any atom is -0.486 e. The monoisotopic (exact) mass is 376 g/mol. The van der Waals surface area contributed by atoms with E-state index >= 15 is 0 Å². The highest BCUT2D eigenvalue weighted by Crippen LogP contribution is 2.30. The van der Waals surface area contributed by atoms with E-state index in [2.05, 4.69) is 10.6 Å². The largest absolute Gasteiger partial charge is 0.486 e. The molecule has 4 rings (SSSR count). The van der Waals surface area contributed by atoms with E-state index in [1.807, 2.05) is 54.6 Å². The van der Waals surface area contributed by atoms with Crippen molar-refractivity contribution in [1.29, 1.82) is 0 Å². The van der Waals surface area contributed by atoms with Crippen molar-refractivity contribution in [2.45, 2.75) is 6.54 Å². The van der Waals surface area contributed by atoms with Crippen LogP contribution < -0.4 is 20.1 Å². The van der Waals surface area contributed by atoms with Gasteiger partial charge in [-0.1, -0.05) is 36.4 Å². The molecule has 28 heavy (non-hydrogen) atoms. The highest BCUT2D eigenvalue weighted by atomic mass is 16.6. The van der Waals surface area contributed by atoms with Crippen molar-refractivity contribution in [3.05, 3.63) is 71.8 Å². The molecule has 6 heteroatoms. The zero-order valence-electron chi connectivity index (χ0n) is 15.2. The average Bonchev–Trinajstić information content (AvgIpc) is 2.75. The van der Waals surface area contributed by atoms with Gasteiger partial charge in [-0.3, -0.25) is 9.59 Å². The molecule has 0 atom stereocenters. The van der Waals surface area contributed by atoms with Gasteiger partial charge in [-0.25, -0.2) is 0 Å². The lowest BCUT2D eigenvalue weighted by Gasteiger charge is -2.19. The number of rotatable bonds is 5. The zero-order valence-corrected chi connectivity index (χ0v) is 15.2.